The van der Waals surface area contributed by atoms with Gasteiger partial charge in [-0.2, -0.15) is 10.2 Å². The van der Waals surface area contributed by atoms with E-state index in [2.05, 4.69) is 261 Å². The molecule has 0 spiro atoms. The van der Waals surface area contributed by atoms with Crippen LogP contribution in [0.4, 0.5) is 0 Å². The van der Waals surface area contributed by atoms with Crippen molar-refractivity contribution >= 4 is 33.4 Å². The fourth-order valence-corrected chi connectivity index (χ4v) is 10.5. The van der Waals surface area contributed by atoms with Gasteiger partial charge in [0, 0.05) is 95.3 Å². The summed E-state index contributed by atoms with van der Waals surface area (Å²) < 4.78 is 6.20. The van der Waals surface area contributed by atoms with Gasteiger partial charge in [0.15, 0.2) is 0 Å². The van der Waals surface area contributed by atoms with Gasteiger partial charge in [0.2, 0.25) is 0 Å². The molecule has 0 aliphatic carbocycles. The Morgan fingerprint density at radius 2 is 0.867 bits per heavy atom. The van der Waals surface area contributed by atoms with Crippen molar-refractivity contribution < 1.29 is 0 Å². The van der Waals surface area contributed by atoms with Crippen LogP contribution in [0.1, 0.15) is 147 Å². The third-order valence-electron chi connectivity index (χ3n) is 14.1. The van der Waals surface area contributed by atoms with Gasteiger partial charge in [-0.3, -0.25) is 24.3 Å². The van der Waals surface area contributed by atoms with Crippen molar-refractivity contribution in [2.45, 2.75) is 155 Å². The molecule has 4 aromatic carbocycles. The molecule has 11 aromatic rings. The van der Waals surface area contributed by atoms with Crippen LogP contribution in [-0.2, 0) is 65.1 Å². The first-order chi connectivity index (χ1) is 43.2. The first-order valence-electron chi connectivity index (χ1n) is 32.8. The maximum atomic E-state index is 5.85. The van der Waals surface area contributed by atoms with Gasteiger partial charge < -0.3 is 9.55 Å². The Morgan fingerprint density at radius 3 is 1.41 bits per heavy atom. The number of nitrogens with one attached hydrogen (secondary N) is 1. The van der Waals surface area contributed by atoms with Gasteiger partial charge in [-0.1, -0.05) is 200 Å². The average molecular weight is 1230 g/mol. The molecule has 1 N–H and O–H groups in total. The molecule has 0 bridgehead atoms. The van der Waals surface area contributed by atoms with E-state index < -0.39 is 0 Å². The standard InChI is InChI=1S/C14H17ClN2.C14H18N2.C13H17N.C12H15N.3C9H13N/c1-11(2)7-13-8-16-17(10-13)9-12-3-5-14(15)6-4-12;1-12(2)8-14-9-15-16(11-14)10-13-6-4-3-5-7-13;1-10(2)8-11-9-14(3)13-7-5-4-6-12(11)13;1-9(2)7-10-8-13-12-6-4-3-5-11(10)12;1-8(2)7-9-3-5-10-6-4-9;1-8(2)6-9-4-3-5-10-7-9;1-8(2)7-9-5-3-4-6-10-9/h3-6,8,10-11H,7,9H2,1-2H3;3-7,9,11-12H,8,10H2,1-2H3;4-7,9-10H,8H2,1-3H3;3-6,8-9,13H,7H2,1-2H3;3-6,8H,7H2,1-2H3;3-5,7-8H,6H2,1-2H3;3-6,8H,7H2,1-2H3. The molecular formula is C80H106ClN9. The molecule has 7 aromatic heterocycles. The normalized spacial score (nSPS) is 10.9. The van der Waals surface area contributed by atoms with Crippen molar-refractivity contribution in [1.82, 2.24) is 44.1 Å². The number of aromatic amines is 1. The Balaban J connectivity index is 0.000000193. The number of nitrogens with zero attached hydrogens (tertiary/aromatic N) is 8. The summed E-state index contributed by atoms with van der Waals surface area (Å²) in [6.07, 6.45) is 29.7. The van der Waals surface area contributed by atoms with Gasteiger partial charge in [-0.05, 0) is 185 Å². The molecule has 9 nitrogen and oxygen atoms in total. The number of aromatic nitrogens is 9. The van der Waals surface area contributed by atoms with E-state index in [1.165, 1.54) is 78.4 Å². The molecule has 90 heavy (non-hydrogen) atoms. The second-order valence-corrected chi connectivity index (χ2v) is 27.0. The molecule has 0 saturated heterocycles. The summed E-state index contributed by atoms with van der Waals surface area (Å²) in [4.78, 5) is 15.5. The van der Waals surface area contributed by atoms with Crippen LogP contribution in [-0.4, -0.2) is 44.1 Å². The van der Waals surface area contributed by atoms with Gasteiger partial charge in [0.25, 0.3) is 0 Å². The molecule has 0 aliphatic heterocycles. The van der Waals surface area contributed by atoms with E-state index in [0.717, 1.165) is 80.3 Å². The predicted molar refractivity (Wildman–Crippen MR) is 384 cm³/mol. The first kappa shape index (κ1) is 72.9. The predicted octanol–water partition coefficient (Wildman–Crippen LogP) is 20.5. The molecule has 0 amide bonds. The van der Waals surface area contributed by atoms with Gasteiger partial charge >= 0.3 is 0 Å². The number of halogens is 1. The minimum atomic E-state index is 0.670. The number of rotatable bonds is 18. The van der Waals surface area contributed by atoms with Crippen LogP contribution in [0.2, 0.25) is 5.02 Å². The smallest absolute Gasteiger partial charge is 0.0659 e. The van der Waals surface area contributed by atoms with Crippen LogP contribution in [0, 0.1) is 41.4 Å². The number of fused-ring (bicyclic) bond motifs is 2. The lowest BCUT2D eigenvalue weighted by Crippen LogP contribution is -1.99. The third-order valence-corrected chi connectivity index (χ3v) is 14.4. The van der Waals surface area contributed by atoms with Crippen molar-refractivity contribution in [1.29, 1.82) is 0 Å². The Bertz CT molecular complexity index is 3480. The van der Waals surface area contributed by atoms with Gasteiger partial charge in [-0.15, -0.1) is 0 Å². The van der Waals surface area contributed by atoms with Crippen LogP contribution in [0.5, 0.6) is 0 Å². The number of benzene rings is 4. The number of pyridine rings is 3. The number of para-hydroxylation sites is 2. The SMILES string of the molecule is CC(C)Cc1c[nH]c2ccccc12.CC(C)Cc1ccccn1.CC(C)Cc1cccnc1.CC(C)Cc1ccncc1.CC(C)Cc1cn(C)c2ccccc12.CC(C)Cc1cnn(Cc2ccc(Cl)cc2)c1.CC(C)Cc1cnn(Cc2ccccc2)c1. The topological polar surface area (TPSA) is 95.0 Å². The molecule has 7 heterocycles. The second-order valence-electron chi connectivity index (χ2n) is 26.6. The summed E-state index contributed by atoms with van der Waals surface area (Å²) in [6, 6.07) is 49.7. The summed E-state index contributed by atoms with van der Waals surface area (Å²) >= 11 is 5.85. The third kappa shape index (κ3) is 29.2. The van der Waals surface area contributed by atoms with E-state index in [0.29, 0.717) is 17.8 Å². The van der Waals surface area contributed by atoms with Crippen LogP contribution >= 0.6 is 11.6 Å². The highest BCUT2D eigenvalue weighted by Gasteiger charge is 2.09. The molecule has 0 unspecified atom stereocenters. The van der Waals surface area contributed by atoms with Crippen molar-refractivity contribution in [3.05, 3.63) is 269 Å². The largest absolute Gasteiger partial charge is 0.361 e. The van der Waals surface area contributed by atoms with E-state index in [9.17, 15) is 0 Å². The summed E-state index contributed by atoms with van der Waals surface area (Å²) in [5.41, 5.74) is 14.5. The molecule has 10 heteroatoms. The van der Waals surface area contributed by atoms with E-state index in [1.807, 2.05) is 101 Å². The minimum Gasteiger partial charge on any atom is -0.361 e. The highest BCUT2D eigenvalue weighted by atomic mass is 35.5. The van der Waals surface area contributed by atoms with Gasteiger partial charge in [0.1, 0.15) is 0 Å². The second kappa shape index (κ2) is 40.0. The average Bonchev–Trinajstić information content (AvgIpc) is 1.82. The van der Waals surface area contributed by atoms with E-state index in [1.54, 1.807) is 0 Å². The summed E-state index contributed by atoms with van der Waals surface area (Å²) in [6.45, 7) is 32.9. The fraction of sp³-hybridized carbons (Fsp3) is 0.388. The molecule has 0 fully saturated rings. The van der Waals surface area contributed by atoms with Crippen molar-refractivity contribution in [3.63, 3.8) is 0 Å². The molecular weight excluding hydrogens is 1120 g/mol. The van der Waals surface area contributed by atoms with Gasteiger partial charge in [-0.25, -0.2) is 0 Å². The first-order valence-corrected chi connectivity index (χ1v) is 33.1. The van der Waals surface area contributed by atoms with Crippen LogP contribution in [0.3, 0.4) is 0 Å². The molecule has 0 aliphatic rings. The summed E-state index contributed by atoms with van der Waals surface area (Å²) in [5.74, 6) is 4.97. The zero-order valence-corrected chi connectivity index (χ0v) is 57.8. The van der Waals surface area contributed by atoms with Crippen molar-refractivity contribution in [3.8, 4) is 0 Å². The molecule has 11 rings (SSSR count). The minimum absolute atomic E-state index is 0.670. The monoisotopic (exact) mass is 1230 g/mol. The lowest BCUT2D eigenvalue weighted by atomic mass is 10.0. The van der Waals surface area contributed by atoms with E-state index in [-0.39, 0.29) is 0 Å². The van der Waals surface area contributed by atoms with Crippen LogP contribution in [0.15, 0.2) is 214 Å². The van der Waals surface area contributed by atoms with E-state index in [4.69, 9.17) is 11.6 Å². The maximum Gasteiger partial charge on any atom is 0.0659 e. The molecule has 0 atom stereocenters. The highest BCUT2D eigenvalue weighted by Crippen LogP contribution is 2.23. The number of H-pyrrole nitrogens is 1. The fourth-order valence-electron chi connectivity index (χ4n) is 10.4. The lowest BCUT2D eigenvalue weighted by molar-refractivity contribution is 0.635. The summed E-state index contributed by atoms with van der Waals surface area (Å²) in [7, 11) is 2.12. The molecule has 0 saturated carbocycles. The van der Waals surface area contributed by atoms with Gasteiger partial charge in [0.05, 0.1) is 25.5 Å². The van der Waals surface area contributed by atoms with E-state index >= 15 is 0 Å². The molecule has 478 valence electrons. The summed E-state index contributed by atoms with van der Waals surface area (Å²) in [5, 5.41) is 12.3. The Kier molecular flexibility index (Phi) is 32.4. The van der Waals surface area contributed by atoms with Crippen molar-refractivity contribution in [2.75, 3.05) is 0 Å². The number of hydrogen-bond acceptors (Lipinski definition) is 5. The van der Waals surface area contributed by atoms with Crippen LogP contribution < -0.4 is 0 Å². The number of aryl methyl sites for hydroxylation is 1. The lowest BCUT2D eigenvalue weighted by Gasteiger charge is -2.02. The quantitative estimate of drug-likeness (QED) is 0.0924. The number of hydrogen-bond donors (Lipinski definition) is 1. The Labute approximate surface area is 546 Å². The highest BCUT2D eigenvalue weighted by molar-refractivity contribution is 6.30. The Hall–Kier alpha value is -7.88. The Morgan fingerprint density at radius 1 is 0.378 bits per heavy atom. The van der Waals surface area contributed by atoms with Crippen molar-refractivity contribution in [2.24, 2.45) is 48.5 Å². The van der Waals surface area contributed by atoms with Crippen LogP contribution in [0.25, 0.3) is 21.8 Å². The molecule has 0 radical (unpaired) electrons. The maximum absolute atomic E-state index is 5.85. The zero-order valence-electron chi connectivity index (χ0n) is 57.1. The zero-order chi connectivity index (χ0) is 65.2.